The van der Waals surface area contributed by atoms with Gasteiger partial charge in [0.15, 0.2) is 6.04 Å². The normalized spacial score (nSPS) is 13.2. The first-order valence-electron chi connectivity index (χ1n) is 5.83. The standard InChI is InChI=1S/C12H17N3O3S/c1-2-18-11(17)9(14-12(19)15-13)10(16)8-6-4-3-5-7-8/h3-7,9-10,16H,2,13H2,1H3,(H2,14,15,19)/p+1. The van der Waals surface area contributed by atoms with Crippen LogP contribution in [0.25, 0.3) is 0 Å². The first-order valence-corrected chi connectivity index (χ1v) is 6.24. The summed E-state index contributed by atoms with van der Waals surface area (Å²) in [5.41, 5.74) is 3.05. The zero-order chi connectivity index (χ0) is 14.3. The van der Waals surface area contributed by atoms with Gasteiger partial charge >= 0.3 is 5.97 Å². The van der Waals surface area contributed by atoms with Gasteiger partial charge in [0, 0.05) is 0 Å². The van der Waals surface area contributed by atoms with E-state index in [1.807, 2.05) is 6.07 Å². The second-order valence-corrected chi connectivity index (χ2v) is 4.14. The van der Waals surface area contributed by atoms with Crippen molar-refractivity contribution in [3.05, 3.63) is 35.9 Å². The number of hydrogen-bond donors (Lipinski definition) is 4. The van der Waals surface area contributed by atoms with Crippen LogP contribution in [0.5, 0.6) is 0 Å². The van der Waals surface area contributed by atoms with Gasteiger partial charge in [-0.3, -0.25) is 5.84 Å². The topological polar surface area (TPSA) is 98.2 Å². The first kappa shape index (κ1) is 15.4. The second-order valence-electron chi connectivity index (χ2n) is 3.74. The third-order valence-electron chi connectivity index (χ3n) is 2.44. The highest BCUT2D eigenvalue weighted by molar-refractivity contribution is 7.80. The van der Waals surface area contributed by atoms with Crippen LogP contribution < -0.4 is 16.6 Å². The smallest absolute Gasteiger partial charge is 0.331 e. The minimum Gasteiger partial charge on any atom is -0.464 e. The van der Waals surface area contributed by atoms with E-state index >= 15 is 0 Å². The van der Waals surface area contributed by atoms with E-state index < -0.39 is 18.1 Å². The van der Waals surface area contributed by atoms with Crippen molar-refractivity contribution in [2.24, 2.45) is 0 Å². The zero-order valence-electron chi connectivity index (χ0n) is 10.6. The number of rotatable bonds is 5. The van der Waals surface area contributed by atoms with Crippen LogP contribution in [0.1, 0.15) is 18.6 Å². The first-order chi connectivity index (χ1) is 9.10. The van der Waals surface area contributed by atoms with Gasteiger partial charge in [0.2, 0.25) is 5.11 Å². The molecule has 0 amide bonds. The van der Waals surface area contributed by atoms with Gasteiger partial charge in [-0.1, -0.05) is 30.3 Å². The summed E-state index contributed by atoms with van der Waals surface area (Å²) in [4.78, 5) is 11.9. The van der Waals surface area contributed by atoms with Crippen LogP contribution in [0.15, 0.2) is 30.3 Å². The van der Waals surface area contributed by atoms with E-state index in [1.54, 1.807) is 31.2 Å². The quantitative estimate of drug-likeness (QED) is 0.323. The molecule has 0 saturated carbocycles. The number of ether oxygens (including phenoxy) is 1. The summed E-state index contributed by atoms with van der Waals surface area (Å²) < 4.78 is 4.92. The molecule has 19 heavy (non-hydrogen) atoms. The Labute approximate surface area is 116 Å². The Balaban J connectivity index is 2.89. The van der Waals surface area contributed by atoms with Gasteiger partial charge in [-0.25, -0.2) is 10.2 Å². The summed E-state index contributed by atoms with van der Waals surface area (Å²) in [7, 11) is 0. The van der Waals surface area contributed by atoms with Crippen molar-refractivity contribution >= 4 is 23.3 Å². The molecule has 0 spiro atoms. The van der Waals surface area contributed by atoms with E-state index in [1.165, 1.54) is 0 Å². The molecule has 1 aromatic carbocycles. The molecule has 0 saturated heterocycles. The predicted molar refractivity (Wildman–Crippen MR) is 73.6 cm³/mol. The third-order valence-corrected chi connectivity index (χ3v) is 2.71. The molecule has 6 nitrogen and oxygen atoms in total. The Morgan fingerprint density at radius 2 is 2.11 bits per heavy atom. The lowest BCUT2D eigenvalue weighted by Gasteiger charge is -2.23. The summed E-state index contributed by atoms with van der Waals surface area (Å²) in [6.07, 6.45) is -1.06. The van der Waals surface area contributed by atoms with E-state index in [9.17, 15) is 9.90 Å². The molecule has 0 radical (unpaired) electrons. The van der Waals surface area contributed by atoms with Crippen LogP contribution in [0.2, 0.25) is 0 Å². The lowest BCUT2D eigenvalue weighted by molar-refractivity contribution is -0.419. The lowest BCUT2D eigenvalue weighted by Crippen LogP contribution is -2.70. The number of aliphatic hydroxyl groups excluding tert-OH is 1. The highest BCUT2D eigenvalue weighted by Gasteiger charge is 2.30. The molecule has 0 aliphatic carbocycles. The molecule has 6 N–H and O–H groups in total. The molecular formula is C12H18N3O3S+. The molecule has 2 unspecified atom stereocenters. The van der Waals surface area contributed by atoms with E-state index in [0.29, 0.717) is 5.56 Å². The van der Waals surface area contributed by atoms with Crippen LogP contribution >= 0.6 is 12.2 Å². The SMILES string of the molecule is CCOC(=O)C(NC(=S)N[NH3+])C(O)c1ccccc1. The molecular weight excluding hydrogens is 266 g/mol. The average Bonchev–Trinajstić information content (AvgIpc) is 2.44. The Hall–Kier alpha value is -1.70. The van der Waals surface area contributed by atoms with Gasteiger partial charge in [-0.15, -0.1) is 0 Å². The molecule has 1 aromatic rings. The number of aliphatic hydroxyl groups is 1. The van der Waals surface area contributed by atoms with Crippen molar-refractivity contribution < 1.29 is 20.5 Å². The van der Waals surface area contributed by atoms with Crippen molar-refractivity contribution in [1.29, 1.82) is 0 Å². The van der Waals surface area contributed by atoms with Crippen molar-refractivity contribution in [3.63, 3.8) is 0 Å². The van der Waals surface area contributed by atoms with Crippen LogP contribution in [0, 0.1) is 0 Å². The Bertz CT molecular complexity index is 427. The average molecular weight is 284 g/mol. The Kier molecular flexibility index (Phi) is 6.20. The summed E-state index contributed by atoms with van der Waals surface area (Å²) in [6, 6.07) is 7.84. The molecule has 0 aliphatic rings. The maximum Gasteiger partial charge on any atom is 0.331 e. The molecule has 0 aliphatic heterocycles. The summed E-state index contributed by atoms with van der Waals surface area (Å²) in [5, 5.41) is 13.1. The Morgan fingerprint density at radius 3 is 2.63 bits per heavy atom. The number of hydrogen-bond acceptors (Lipinski definition) is 4. The van der Waals surface area contributed by atoms with Gasteiger partial charge in [0.05, 0.1) is 6.61 Å². The van der Waals surface area contributed by atoms with Crippen LogP contribution in [-0.4, -0.2) is 28.8 Å². The van der Waals surface area contributed by atoms with Gasteiger partial charge in [-0.2, -0.15) is 0 Å². The van der Waals surface area contributed by atoms with Gasteiger partial charge < -0.3 is 15.2 Å². The zero-order valence-corrected chi connectivity index (χ0v) is 11.4. The van der Waals surface area contributed by atoms with Crippen molar-refractivity contribution in [2.75, 3.05) is 6.61 Å². The fraction of sp³-hybridized carbons (Fsp3) is 0.333. The minimum absolute atomic E-state index is 0.160. The van der Waals surface area contributed by atoms with E-state index in [-0.39, 0.29) is 11.7 Å². The van der Waals surface area contributed by atoms with Crippen molar-refractivity contribution in [1.82, 2.24) is 10.7 Å². The van der Waals surface area contributed by atoms with Gasteiger partial charge in [0.1, 0.15) is 6.10 Å². The number of nitrogens with one attached hydrogen (secondary N) is 2. The van der Waals surface area contributed by atoms with Crippen molar-refractivity contribution in [3.8, 4) is 0 Å². The fourth-order valence-corrected chi connectivity index (χ4v) is 1.66. The fourth-order valence-electron chi connectivity index (χ4n) is 1.53. The predicted octanol–water partition coefficient (Wildman–Crippen LogP) is -0.727. The molecule has 104 valence electrons. The van der Waals surface area contributed by atoms with Gasteiger partial charge in [0.25, 0.3) is 0 Å². The summed E-state index contributed by atoms with van der Waals surface area (Å²) >= 11 is 4.90. The third kappa shape index (κ3) is 4.47. The molecule has 0 heterocycles. The van der Waals surface area contributed by atoms with Crippen LogP contribution in [0.3, 0.4) is 0 Å². The summed E-state index contributed by atoms with van der Waals surface area (Å²) in [6.45, 7) is 1.92. The number of carbonyl (C=O) groups excluding carboxylic acids is 1. The molecule has 0 fully saturated rings. The molecule has 0 aromatic heterocycles. The van der Waals surface area contributed by atoms with Crippen molar-refractivity contribution in [2.45, 2.75) is 19.1 Å². The van der Waals surface area contributed by atoms with E-state index in [4.69, 9.17) is 17.0 Å². The summed E-state index contributed by atoms with van der Waals surface area (Å²) in [5.74, 6) is 2.82. The molecule has 0 bridgehead atoms. The Morgan fingerprint density at radius 1 is 1.47 bits per heavy atom. The maximum absolute atomic E-state index is 11.9. The molecule has 7 heteroatoms. The number of esters is 1. The van der Waals surface area contributed by atoms with E-state index in [2.05, 4.69) is 16.6 Å². The molecule has 2 atom stereocenters. The number of quaternary nitrogens is 1. The van der Waals surface area contributed by atoms with E-state index in [0.717, 1.165) is 0 Å². The number of benzene rings is 1. The monoisotopic (exact) mass is 284 g/mol. The number of thiocarbonyl (C=S) groups is 1. The lowest BCUT2D eigenvalue weighted by atomic mass is 10.0. The van der Waals surface area contributed by atoms with Gasteiger partial charge in [-0.05, 0) is 24.7 Å². The molecule has 1 rings (SSSR count). The largest absolute Gasteiger partial charge is 0.464 e. The minimum atomic E-state index is -1.06. The van der Waals surface area contributed by atoms with Crippen LogP contribution in [0.4, 0.5) is 0 Å². The maximum atomic E-state index is 11.9. The van der Waals surface area contributed by atoms with Crippen LogP contribution in [-0.2, 0) is 9.53 Å². The number of carbonyl (C=O) groups is 1. The highest BCUT2D eigenvalue weighted by atomic mass is 32.1. The second kappa shape index (κ2) is 7.67. The highest BCUT2D eigenvalue weighted by Crippen LogP contribution is 2.17.